The average molecular weight is 169 g/mol. The summed E-state index contributed by atoms with van der Waals surface area (Å²) in [6.07, 6.45) is 4.29. The first-order chi connectivity index (χ1) is 5.74. The largest absolute Gasteiger partial charge is 0.498 e. The van der Waals surface area contributed by atoms with Crippen LogP contribution in [0.15, 0.2) is 23.6 Å². The van der Waals surface area contributed by atoms with Crippen molar-refractivity contribution in [2.45, 2.75) is 19.8 Å². The van der Waals surface area contributed by atoms with Gasteiger partial charge in [0.05, 0.1) is 17.3 Å². The molecule has 1 aliphatic carbocycles. The SMILES string of the molecule is CCOC1=CC=C([N+](=O)[O-])CC1. The fourth-order valence-electron chi connectivity index (χ4n) is 1.06. The molecule has 0 aliphatic heterocycles. The summed E-state index contributed by atoms with van der Waals surface area (Å²) >= 11 is 0. The Labute approximate surface area is 70.7 Å². The van der Waals surface area contributed by atoms with Gasteiger partial charge in [0.25, 0.3) is 0 Å². The molecule has 0 aromatic heterocycles. The maximum atomic E-state index is 10.3. The topological polar surface area (TPSA) is 52.4 Å². The molecule has 0 saturated carbocycles. The Kier molecular flexibility index (Phi) is 2.85. The Balaban J connectivity index is 2.60. The fourth-order valence-corrected chi connectivity index (χ4v) is 1.06. The van der Waals surface area contributed by atoms with Crippen molar-refractivity contribution in [3.8, 4) is 0 Å². The van der Waals surface area contributed by atoms with Crippen LogP contribution >= 0.6 is 0 Å². The van der Waals surface area contributed by atoms with Gasteiger partial charge >= 0.3 is 0 Å². The van der Waals surface area contributed by atoms with Crippen LogP contribution in [0, 0.1) is 10.1 Å². The molecule has 0 N–H and O–H groups in total. The molecule has 1 rings (SSSR count). The van der Waals surface area contributed by atoms with E-state index in [4.69, 9.17) is 4.74 Å². The number of allylic oxidation sites excluding steroid dienone is 4. The first kappa shape index (κ1) is 8.77. The minimum absolute atomic E-state index is 0.262. The van der Waals surface area contributed by atoms with Crippen LogP contribution in [-0.2, 0) is 4.74 Å². The van der Waals surface area contributed by atoms with E-state index in [0.29, 0.717) is 19.4 Å². The van der Waals surface area contributed by atoms with E-state index in [-0.39, 0.29) is 10.6 Å². The predicted molar refractivity (Wildman–Crippen MR) is 44.0 cm³/mol. The van der Waals surface area contributed by atoms with E-state index >= 15 is 0 Å². The normalized spacial score (nSPS) is 16.4. The molecule has 0 saturated heterocycles. The number of nitro groups is 1. The third-order valence-corrected chi connectivity index (χ3v) is 1.65. The molecule has 0 aromatic rings. The van der Waals surface area contributed by atoms with Crippen molar-refractivity contribution >= 4 is 0 Å². The summed E-state index contributed by atoms with van der Waals surface area (Å²) in [6, 6.07) is 0. The molecular weight excluding hydrogens is 158 g/mol. The maximum absolute atomic E-state index is 10.3. The summed E-state index contributed by atoms with van der Waals surface area (Å²) < 4.78 is 5.20. The lowest BCUT2D eigenvalue weighted by Gasteiger charge is -2.09. The third kappa shape index (κ3) is 2.08. The number of rotatable bonds is 3. The highest BCUT2D eigenvalue weighted by Gasteiger charge is 2.15. The van der Waals surface area contributed by atoms with Crippen LogP contribution in [0.25, 0.3) is 0 Å². The predicted octanol–water partition coefficient (Wildman–Crippen LogP) is 1.86. The van der Waals surface area contributed by atoms with Gasteiger partial charge in [0, 0.05) is 18.9 Å². The molecule has 0 radical (unpaired) electrons. The molecule has 1 aliphatic rings. The second kappa shape index (κ2) is 3.90. The second-order valence-electron chi connectivity index (χ2n) is 2.48. The molecule has 66 valence electrons. The van der Waals surface area contributed by atoms with Gasteiger partial charge in [-0.2, -0.15) is 0 Å². The summed E-state index contributed by atoms with van der Waals surface area (Å²) in [5, 5.41) is 10.3. The van der Waals surface area contributed by atoms with E-state index in [1.165, 1.54) is 6.08 Å². The van der Waals surface area contributed by atoms with Crippen molar-refractivity contribution in [3.63, 3.8) is 0 Å². The molecule has 0 amide bonds. The van der Waals surface area contributed by atoms with E-state index in [2.05, 4.69) is 0 Å². The smallest absolute Gasteiger partial charge is 0.246 e. The minimum atomic E-state index is -0.348. The fraction of sp³-hybridized carbons (Fsp3) is 0.500. The minimum Gasteiger partial charge on any atom is -0.498 e. The van der Waals surface area contributed by atoms with E-state index in [1.54, 1.807) is 6.08 Å². The maximum Gasteiger partial charge on any atom is 0.246 e. The quantitative estimate of drug-likeness (QED) is 0.478. The van der Waals surface area contributed by atoms with Gasteiger partial charge in [-0.3, -0.25) is 10.1 Å². The van der Waals surface area contributed by atoms with Crippen LogP contribution in [0.4, 0.5) is 0 Å². The number of nitrogens with zero attached hydrogens (tertiary/aromatic N) is 1. The number of hydrogen-bond donors (Lipinski definition) is 0. The van der Waals surface area contributed by atoms with Crippen LogP contribution in [0.5, 0.6) is 0 Å². The van der Waals surface area contributed by atoms with E-state index in [0.717, 1.165) is 5.76 Å². The highest BCUT2D eigenvalue weighted by molar-refractivity contribution is 5.16. The molecule has 0 atom stereocenters. The van der Waals surface area contributed by atoms with Gasteiger partial charge in [-0.15, -0.1) is 0 Å². The van der Waals surface area contributed by atoms with Crippen LogP contribution in [0.2, 0.25) is 0 Å². The van der Waals surface area contributed by atoms with Gasteiger partial charge in [-0.1, -0.05) is 0 Å². The highest BCUT2D eigenvalue weighted by Crippen LogP contribution is 2.18. The first-order valence-electron chi connectivity index (χ1n) is 3.91. The Morgan fingerprint density at radius 3 is 2.75 bits per heavy atom. The van der Waals surface area contributed by atoms with Gasteiger partial charge in [-0.25, -0.2) is 0 Å². The van der Waals surface area contributed by atoms with Crippen molar-refractivity contribution in [2.24, 2.45) is 0 Å². The van der Waals surface area contributed by atoms with Gasteiger partial charge < -0.3 is 4.74 Å². The van der Waals surface area contributed by atoms with Crippen molar-refractivity contribution in [2.75, 3.05) is 6.61 Å². The van der Waals surface area contributed by atoms with Crippen LogP contribution in [-0.4, -0.2) is 11.5 Å². The van der Waals surface area contributed by atoms with E-state index in [1.807, 2.05) is 6.92 Å². The molecule has 0 spiro atoms. The lowest BCUT2D eigenvalue weighted by Crippen LogP contribution is -2.04. The van der Waals surface area contributed by atoms with Crippen LogP contribution < -0.4 is 0 Å². The molecular formula is C8H11NO3. The number of hydrogen-bond acceptors (Lipinski definition) is 3. The summed E-state index contributed by atoms with van der Waals surface area (Å²) in [5.41, 5.74) is 0.262. The summed E-state index contributed by atoms with van der Waals surface area (Å²) in [4.78, 5) is 9.94. The van der Waals surface area contributed by atoms with Crippen molar-refractivity contribution < 1.29 is 9.66 Å². The average Bonchev–Trinajstić information content (AvgIpc) is 2.06. The molecule has 0 unspecified atom stereocenters. The van der Waals surface area contributed by atoms with Gasteiger partial charge in [0.15, 0.2) is 0 Å². The zero-order valence-electron chi connectivity index (χ0n) is 6.95. The molecule has 12 heavy (non-hydrogen) atoms. The van der Waals surface area contributed by atoms with Gasteiger partial charge in [0.1, 0.15) is 0 Å². The first-order valence-corrected chi connectivity index (χ1v) is 3.91. The monoisotopic (exact) mass is 169 g/mol. The van der Waals surface area contributed by atoms with Crippen molar-refractivity contribution in [1.82, 2.24) is 0 Å². The molecule has 0 heterocycles. The molecule has 4 heteroatoms. The molecule has 4 nitrogen and oxygen atoms in total. The van der Waals surface area contributed by atoms with Gasteiger partial charge in [-0.05, 0) is 13.0 Å². The Morgan fingerprint density at radius 2 is 2.33 bits per heavy atom. The van der Waals surface area contributed by atoms with E-state index in [9.17, 15) is 10.1 Å². The summed E-state index contributed by atoms with van der Waals surface area (Å²) in [6.45, 7) is 2.51. The van der Waals surface area contributed by atoms with Crippen molar-refractivity contribution in [3.05, 3.63) is 33.7 Å². The molecule has 0 bridgehead atoms. The van der Waals surface area contributed by atoms with Crippen molar-refractivity contribution in [1.29, 1.82) is 0 Å². The van der Waals surface area contributed by atoms with Gasteiger partial charge in [0.2, 0.25) is 5.70 Å². The summed E-state index contributed by atoms with van der Waals surface area (Å²) in [5.74, 6) is 0.836. The number of ether oxygens (including phenoxy) is 1. The highest BCUT2D eigenvalue weighted by atomic mass is 16.6. The van der Waals surface area contributed by atoms with Crippen LogP contribution in [0.1, 0.15) is 19.8 Å². The lowest BCUT2D eigenvalue weighted by atomic mass is 10.1. The lowest BCUT2D eigenvalue weighted by molar-refractivity contribution is -0.428. The third-order valence-electron chi connectivity index (χ3n) is 1.65. The Hall–Kier alpha value is -1.32. The standard InChI is InChI=1S/C8H11NO3/c1-2-12-8-5-3-7(4-6-8)9(10)11/h3,5H,2,4,6H2,1H3. The summed E-state index contributed by atoms with van der Waals surface area (Å²) in [7, 11) is 0. The molecule has 0 aromatic carbocycles. The molecule has 0 fully saturated rings. The second-order valence-corrected chi connectivity index (χ2v) is 2.48. The zero-order chi connectivity index (χ0) is 8.97. The van der Waals surface area contributed by atoms with Crippen LogP contribution in [0.3, 0.4) is 0 Å². The Morgan fingerprint density at radius 1 is 1.58 bits per heavy atom. The van der Waals surface area contributed by atoms with E-state index < -0.39 is 0 Å². The zero-order valence-corrected chi connectivity index (χ0v) is 6.95. The Bertz CT molecular complexity index is 243.